The molecule has 0 atom stereocenters. The molecule has 0 fully saturated rings. The summed E-state index contributed by atoms with van der Waals surface area (Å²) in [4.78, 5) is 14.9. The van der Waals surface area contributed by atoms with Crippen molar-refractivity contribution in [1.82, 2.24) is 4.98 Å². The number of carbonyl (C=O) groups excluding carboxylic acids is 1. The number of pyridine rings is 1. The van der Waals surface area contributed by atoms with Gasteiger partial charge in [0, 0.05) is 11.6 Å². The Morgan fingerprint density at radius 3 is 2.93 bits per heavy atom. The Hall–Kier alpha value is -1.90. The summed E-state index contributed by atoms with van der Waals surface area (Å²) < 4.78 is 0. The zero-order chi connectivity index (χ0) is 9.97. The lowest BCUT2D eigenvalue weighted by Crippen LogP contribution is -2.13. The number of aromatic nitrogens is 1. The molecule has 0 aliphatic rings. The summed E-state index contributed by atoms with van der Waals surface area (Å²) >= 11 is 0. The Morgan fingerprint density at radius 1 is 1.36 bits per heavy atom. The minimum Gasteiger partial charge on any atom is -0.369 e. The standard InChI is InChI=1S/C11H10N2O/c12-11(14)6-8-5-9-3-1-2-4-10(9)13-7-8/h1-5,7H,6H2,(H2,12,14). The average Bonchev–Trinajstić information content (AvgIpc) is 2.17. The molecule has 1 aromatic carbocycles. The molecule has 0 bridgehead atoms. The van der Waals surface area contributed by atoms with Gasteiger partial charge in [-0.25, -0.2) is 0 Å². The zero-order valence-corrected chi connectivity index (χ0v) is 7.60. The van der Waals surface area contributed by atoms with Crippen LogP contribution in [-0.4, -0.2) is 10.9 Å². The fourth-order valence-corrected chi connectivity index (χ4v) is 1.41. The molecular formula is C11H10N2O. The van der Waals surface area contributed by atoms with Gasteiger partial charge in [-0.3, -0.25) is 9.78 Å². The summed E-state index contributed by atoms with van der Waals surface area (Å²) in [6.45, 7) is 0. The number of hydrogen-bond donors (Lipinski definition) is 1. The lowest BCUT2D eigenvalue weighted by atomic mass is 10.1. The van der Waals surface area contributed by atoms with Gasteiger partial charge in [-0.1, -0.05) is 18.2 Å². The number of para-hydroxylation sites is 1. The van der Waals surface area contributed by atoms with Gasteiger partial charge < -0.3 is 5.73 Å². The number of nitrogens with two attached hydrogens (primary N) is 1. The van der Waals surface area contributed by atoms with Crippen LogP contribution in [0.3, 0.4) is 0 Å². The predicted octanol–water partition coefficient (Wildman–Crippen LogP) is 1.26. The van der Waals surface area contributed by atoms with Crippen molar-refractivity contribution in [2.24, 2.45) is 5.73 Å². The van der Waals surface area contributed by atoms with Crippen molar-refractivity contribution in [2.75, 3.05) is 0 Å². The second-order valence-corrected chi connectivity index (χ2v) is 3.18. The van der Waals surface area contributed by atoms with E-state index in [2.05, 4.69) is 4.98 Å². The number of fused-ring (bicyclic) bond motifs is 1. The molecule has 0 saturated heterocycles. The first-order valence-corrected chi connectivity index (χ1v) is 4.38. The van der Waals surface area contributed by atoms with Gasteiger partial charge in [-0.05, 0) is 17.7 Å². The maximum absolute atomic E-state index is 10.7. The van der Waals surface area contributed by atoms with Crippen molar-refractivity contribution >= 4 is 16.8 Å². The van der Waals surface area contributed by atoms with E-state index in [0.29, 0.717) is 0 Å². The van der Waals surface area contributed by atoms with E-state index in [0.717, 1.165) is 16.5 Å². The molecule has 0 aliphatic carbocycles. The maximum atomic E-state index is 10.7. The first kappa shape index (κ1) is 8.69. The normalized spacial score (nSPS) is 10.3. The number of nitrogens with zero attached hydrogens (tertiary/aromatic N) is 1. The number of primary amides is 1. The first-order valence-electron chi connectivity index (χ1n) is 4.38. The molecule has 0 radical (unpaired) electrons. The van der Waals surface area contributed by atoms with Gasteiger partial charge in [-0.2, -0.15) is 0 Å². The summed E-state index contributed by atoms with van der Waals surface area (Å²) in [5.74, 6) is -0.331. The van der Waals surface area contributed by atoms with Crippen molar-refractivity contribution in [3.8, 4) is 0 Å². The molecule has 2 rings (SSSR count). The minimum absolute atomic E-state index is 0.248. The van der Waals surface area contributed by atoms with Crippen LogP contribution in [0.4, 0.5) is 0 Å². The van der Waals surface area contributed by atoms with Crippen LogP contribution in [0, 0.1) is 0 Å². The van der Waals surface area contributed by atoms with Gasteiger partial charge in [0.2, 0.25) is 5.91 Å². The Bertz CT molecular complexity index is 479. The third kappa shape index (κ3) is 1.71. The smallest absolute Gasteiger partial charge is 0.221 e. The summed E-state index contributed by atoms with van der Waals surface area (Å²) in [5.41, 5.74) is 6.89. The van der Waals surface area contributed by atoms with Gasteiger partial charge in [0.1, 0.15) is 0 Å². The minimum atomic E-state index is -0.331. The van der Waals surface area contributed by atoms with Crippen molar-refractivity contribution in [3.05, 3.63) is 42.1 Å². The Kier molecular flexibility index (Phi) is 2.14. The fourth-order valence-electron chi connectivity index (χ4n) is 1.41. The second-order valence-electron chi connectivity index (χ2n) is 3.18. The van der Waals surface area contributed by atoms with E-state index in [4.69, 9.17) is 5.73 Å². The largest absolute Gasteiger partial charge is 0.369 e. The summed E-state index contributed by atoms with van der Waals surface area (Å²) in [6.07, 6.45) is 1.94. The van der Waals surface area contributed by atoms with Gasteiger partial charge in [0.25, 0.3) is 0 Å². The van der Waals surface area contributed by atoms with Crippen LogP contribution in [0.25, 0.3) is 10.9 Å². The number of rotatable bonds is 2. The lowest BCUT2D eigenvalue weighted by Gasteiger charge is -1.99. The molecule has 0 spiro atoms. The third-order valence-corrected chi connectivity index (χ3v) is 2.03. The number of carbonyl (C=O) groups is 1. The topological polar surface area (TPSA) is 56.0 Å². The SMILES string of the molecule is NC(=O)Cc1cnc2ccccc2c1. The van der Waals surface area contributed by atoms with Gasteiger partial charge in [0.05, 0.1) is 11.9 Å². The van der Waals surface area contributed by atoms with Crippen molar-refractivity contribution < 1.29 is 4.79 Å². The van der Waals surface area contributed by atoms with Crippen LogP contribution in [0.15, 0.2) is 36.5 Å². The van der Waals surface area contributed by atoms with Crippen LogP contribution in [0.1, 0.15) is 5.56 Å². The second kappa shape index (κ2) is 3.46. The molecule has 0 unspecified atom stereocenters. The van der Waals surface area contributed by atoms with E-state index in [9.17, 15) is 4.79 Å². The molecule has 2 N–H and O–H groups in total. The van der Waals surface area contributed by atoms with E-state index in [1.54, 1.807) is 6.20 Å². The van der Waals surface area contributed by atoms with Crippen LogP contribution < -0.4 is 5.73 Å². The lowest BCUT2D eigenvalue weighted by molar-refractivity contribution is -0.117. The van der Waals surface area contributed by atoms with E-state index >= 15 is 0 Å². The van der Waals surface area contributed by atoms with Crippen molar-refractivity contribution in [3.63, 3.8) is 0 Å². The highest BCUT2D eigenvalue weighted by Gasteiger charge is 2.00. The van der Waals surface area contributed by atoms with Gasteiger partial charge in [0.15, 0.2) is 0 Å². The summed E-state index contributed by atoms with van der Waals surface area (Å²) in [6, 6.07) is 9.71. The Labute approximate surface area is 81.6 Å². The molecule has 2 aromatic rings. The number of amides is 1. The quantitative estimate of drug-likeness (QED) is 0.767. The summed E-state index contributed by atoms with van der Waals surface area (Å²) in [7, 11) is 0. The highest BCUT2D eigenvalue weighted by atomic mass is 16.1. The third-order valence-electron chi connectivity index (χ3n) is 2.03. The highest BCUT2D eigenvalue weighted by Crippen LogP contribution is 2.12. The maximum Gasteiger partial charge on any atom is 0.221 e. The summed E-state index contributed by atoms with van der Waals surface area (Å²) in [5, 5.41) is 1.03. The number of benzene rings is 1. The molecule has 1 aromatic heterocycles. The molecule has 3 heteroatoms. The predicted molar refractivity (Wildman–Crippen MR) is 54.6 cm³/mol. The van der Waals surface area contributed by atoms with E-state index < -0.39 is 0 Å². The van der Waals surface area contributed by atoms with Gasteiger partial charge >= 0.3 is 0 Å². The molecule has 14 heavy (non-hydrogen) atoms. The molecule has 3 nitrogen and oxygen atoms in total. The fraction of sp³-hybridized carbons (Fsp3) is 0.0909. The zero-order valence-electron chi connectivity index (χ0n) is 7.60. The first-order chi connectivity index (χ1) is 6.75. The van der Waals surface area contributed by atoms with Crippen LogP contribution in [0.2, 0.25) is 0 Å². The van der Waals surface area contributed by atoms with E-state index in [1.807, 2.05) is 30.3 Å². The van der Waals surface area contributed by atoms with Crippen molar-refractivity contribution in [1.29, 1.82) is 0 Å². The van der Waals surface area contributed by atoms with Crippen LogP contribution in [-0.2, 0) is 11.2 Å². The number of hydrogen-bond acceptors (Lipinski definition) is 2. The molecule has 0 saturated carbocycles. The monoisotopic (exact) mass is 186 g/mol. The van der Waals surface area contributed by atoms with E-state index in [-0.39, 0.29) is 12.3 Å². The Balaban J connectivity index is 2.46. The average molecular weight is 186 g/mol. The molecule has 1 amide bonds. The molecule has 0 aliphatic heterocycles. The molecule has 70 valence electrons. The van der Waals surface area contributed by atoms with Crippen molar-refractivity contribution in [2.45, 2.75) is 6.42 Å². The molecular weight excluding hydrogens is 176 g/mol. The molecule has 1 heterocycles. The van der Waals surface area contributed by atoms with Gasteiger partial charge in [-0.15, -0.1) is 0 Å². The van der Waals surface area contributed by atoms with Crippen LogP contribution >= 0.6 is 0 Å². The van der Waals surface area contributed by atoms with Crippen LogP contribution in [0.5, 0.6) is 0 Å². The van der Waals surface area contributed by atoms with E-state index in [1.165, 1.54) is 0 Å². The highest BCUT2D eigenvalue weighted by molar-refractivity contribution is 5.81. The Morgan fingerprint density at radius 2 is 2.14 bits per heavy atom.